The Hall–Kier alpha value is -0.900. The van der Waals surface area contributed by atoms with Crippen LogP contribution in [-0.2, 0) is 15.9 Å². The lowest BCUT2D eigenvalue weighted by Gasteiger charge is -2.36. The number of nitrogens with two attached hydrogens (primary N) is 1. The van der Waals surface area contributed by atoms with Crippen molar-refractivity contribution in [3.05, 3.63) is 35.9 Å². The number of unbranched alkanes of at least 4 members (excludes halogenated alkanes) is 1. The molecule has 2 rings (SSSR count). The summed E-state index contributed by atoms with van der Waals surface area (Å²) in [6.45, 7) is 2.97. The van der Waals surface area contributed by atoms with Gasteiger partial charge in [0.2, 0.25) is 0 Å². The number of rotatable bonds is 7. The van der Waals surface area contributed by atoms with E-state index in [-0.39, 0.29) is 5.60 Å². The molecule has 1 fully saturated rings. The molecular formula is C16H25NO2. The molecule has 2 N–H and O–H groups in total. The molecule has 1 heterocycles. The van der Waals surface area contributed by atoms with Gasteiger partial charge in [0, 0.05) is 39.2 Å². The summed E-state index contributed by atoms with van der Waals surface area (Å²) in [6.07, 6.45) is 5.26. The third kappa shape index (κ3) is 4.60. The molecule has 0 spiro atoms. The van der Waals surface area contributed by atoms with Crippen molar-refractivity contribution < 1.29 is 9.47 Å². The Bertz CT molecular complexity index is 347. The highest BCUT2D eigenvalue weighted by Gasteiger charge is 2.31. The van der Waals surface area contributed by atoms with E-state index in [2.05, 4.69) is 30.3 Å². The van der Waals surface area contributed by atoms with Crippen LogP contribution in [0.2, 0.25) is 0 Å². The van der Waals surface area contributed by atoms with E-state index >= 15 is 0 Å². The van der Waals surface area contributed by atoms with Gasteiger partial charge in [0.1, 0.15) is 0 Å². The van der Waals surface area contributed by atoms with Crippen LogP contribution in [0.1, 0.15) is 31.2 Å². The maximum Gasteiger partial charge on any atom is 0.0847 e. The Morgan fingerprint density at radius 1 is 1.11 bits per heavy atom. The van der Waals surface area contributed by atoms with Crippen LogP contribution in [0.5, 0.6) is 0 Å². The average Bonchev–Trinajstić information content (AvgIpc) is 2.49. The minimum atomic E-state index is -0.120. The molecule has 0 aromatic heterocycles. The van der Waals surface area contributed by atoms with Crippen molar-refractivity contribution in [2.45, 2.75) is 37.7 Å². The van der Waals surface area contributed by atoms with Gasteiger partial charge >= 0.3 is 0 Å². The van der Waals surface area contributed by atoms with Crippen molar-refractivity contribution >= 4 is 0 Å². The fourth-order valence-electron chi connectivity index (χ4n) is 2.52. The van der Waals surface area contributed by atoms with Crippen molar-refractivity contribution in [1.29, 1.82) is 0 Å². The zero-order valence-electron chi connectivity index (χ0n) is 11.6. The zero-order chi connectivity index (χ0) is 13.4. The van der Waals surface area contributed by atoms with E-state index in [1.54, 1.807) is 0 Å². The molecule has 0 unspecified atom stereocenters. The Morgan fingerprint density at radius 3 is 2.53 bits per heavy atom. The highest BCUT2D eigenvalue weighted by molar-refractivity contribution is 5.14. The molecule has 106 valence electrons. The monoisotopic (exact) mass is 263 g/mol. The van der Waals surface area contributed by atoms with E-state index in [0.717, 1.165) is 45.5 Å². The second-order valence-corrected chi connectivity index (χ2v) is 5.29. The van der Waals surface area contributed by atoms with Crippen LogP contribution in [0.25, 0.3) is 0 Å². The maximum absolute atomic E-state index is 6.05. The molecule has 1 saturated heterocycles. The van der Waals surface area contributed by atoms with Crippen molar-refractivity contribution in [2.24, 2.45) is 5.73 Å². The summed E-state index contributed by atoms with van der Waals surface area (Å²) in [7, 11) is 0. The number of aryl methyl sites for hydroxylation is 1. The fraction of sp³-hybridized carbons (Fsp3) is 0.625. The van der Waals surface area contributed by atoms with Gasteiger partial charge in [0.05, 0.1) is 5.60 Å². The minimum absolute atomic E-state index is 0.120. The number of hydrogen-bond acceptors (Lipinski definition) is 3. The largest absolute Gasteiger partial charge is 0.381 e. The topological polar surface area (TPSA) is 44.5 Å². The van der Waals surface area contributed by atoms with E-state index in [1.807, 2.05) is 0 Å². The normalized spacial score (nSPS) is 18.4. The van der Waals surface area contributed by atoms with Crippen LogP contribution >= 0.6 is 0 Å². The molecule has 0 amide bonds. The third-order valence-electron chi connectivity index (χ3n) is 3.89. The van der Waals surface area contributed by atoms with Gasteiger partial charge in [-0.25, -0.2) is 0 Å². The number of hydrogen-bond donors (Lipinski definition) is 1. The van der Waals surface area contributed by atoms with E-state index in [0.29, 0.717) is 6.54 Å². The summed E-state index contributed by atoms with van der Waals surface area (Å²) in [6, 6.07) is 10.6. The zero-order valence-corrected chi connectivity index (χ0v) is 11.6. The first-order valence-electron chi connectivity index (χ1n) is 7.30. The lowest BCUT2D eigenvalue weighted by Crippen LogP contribution is -2.45. The van der Waals surface area contributed by atoms with E-state index in [9.17, 15) is 0 Å². The minimum Gasteiger partial charge on any atom is -0.381 e. The van der Waals surface area contributed by atoms with E-state index in [4.69, 9.17) is 15.2 Å². The first-order chi connectivity index (χ1) is 9.35. The molecule has 3 heteroatoms. The van der Waals surface area contributed by atoms with Crippen molar-refractivity contribution in [3.8, 4) is 0 Å². The van der Waals surface area contributed by atoms with Gasteiger partial charge in [-0.2, -0.15) is 0 Å². The predicted molar refractivity (Wildman–Crippen MR) is 77.2 cm³/mol. The van der Waals surface area contributed by atoms with Gasteiger partial charge in [0.15, 0.2) is 0 Å². The maximum atomic E-state index is 6.05. The summed E-state index contributed by atoms with van der Waals surface area (Å²) >= 11 is 0. The van der Waals surface area contributed by atoms with E-state index < -0.39 is 0 Å². The van der Waals surface area contributed by atoms with Gasteiger partial charge in [-0.15, -0.1) is 0 Å². The van der Waals surface area contributed by atoms with Crippen molar-refractivity contribution in [3.63, 3.8) is 0 Å². The van der Waals surface area contributed by atoms with Gasteiger partial charge in [-0.1, -0.05) is 30.3 Å². The first-order valence-corrected chi connectivity index (χ1v) is 7.30. The lowest BCUT2D eigenvalue weighted by atomic mass is 9.94. The van der Waals surface area contributed by atoms with Crippen LogP contribution in [0.3, 0.4) is 0 Å². The SMILES string of the molecule is NCC1(OCCCCc2ccccc2)CCOCC1. The van der Waals surface area contributed by atoms with Crippen LogP contribution in [-0.4, -0.2) is 32.0 Å². The summed E-state index contributed by atoms with van der Waals surface area (Å²) in [5.74, 6) is 0. The summed E-state index contributed by atoms with van der Waals surface area (Å²) in [4.78, 5) is 0. The molecule has 0 aliphatic carbocycles. The molecule has 1 aliphatic heterocycles. The van der Waals surface area contributed by atoms with Gasteiger partial charge in [-0.3, -0.25) is 0 Å². The van der Waals surface area contributed by atoms with Gasteiger partial charge in [-0.05, 0) is 24.8 Å². The summed E-state index contributed by atoms with van der Waals surface area (Å²) < 4.78 is 11.4. The van der Waals surface area contributed by atoms with Crippen LogP contribution in [0.15, 0.2) is 30.3 Å². The van der Waals surface area contributed by atoms with Crippen LogP contribution in [0, 0.1) is 0 Å². The molecule has 1 aromatic rings. The lowest BCUT2D eigenvalue weighted by molar-refractivity contribution is -0.105. The Morgan fingerprint density at radius 2 is 1.84 bits per heavy atom. The molecule has 0 bridgehead atoms. The molecule has 3 nitrogen and oxygen atoms in total. The van der Waals surface area contributed by atoms with Crippen molar-refractivity contribution in [1.82, 2.24) is 0 Å². The van der Waals surface area contributed by atoms with Gasteiger partial charge < -0.3 is 15.2 Å². The molecule has 19 heavy (non-hydrogen) atoms. The summed E-state index contributed by atoms with van der Waals surface area (Å²) in [5.41, 5.74) is 7.15. The molecule has 0 saturated carbocycles. The van der Waals surface area contributed by atoms with Crippen molar-refractivity contribution in [2.75, 3.05) is 26.4 Å². The summed E-state index contributed by atoms with van der Waals surface area (Å²) in [5, 5.41) is 0. The first kappa shape index (κ1) is 14.5. The molecular weight excluding hydrogens is 238 g/mol. The molecule has 1 aromatic carbocycles. The molecule has 1 aliphatic rings. The molecule has 0 atom stereocenters. The fourth-order valence-corrected chi connectivity index (χ4v) is 2.52. The smallest absolute Gasteiger partial charge is 0.0847 e. The Labute approximate surface area is 116 Å². The Kier molecular flexibility index (Phi) is 5.83. The highest BCUT2D eigenvalue weighted by Crippen LogP contribution is 2.24. The Balaban J connectivity index is 1.63. The molecule has 0 radical (unpaired) electrons. The second kappa shape index (κ2) is 7.63. The van der Waals surface area contributed by atoms with Crippen LogP contribution < -0.4 is 5.73 Å². The standard InChI is InChI=1S/C16H25NO2/c17-14-16(9-12-18-13-10-16)19-11-5-4-8-15-6-2-1-3-7-15/h1-3,6-7H,4-5,8-14,17H2. The van der Waals surface area contributed by atoms with Gasteiger partial charge in [0.25, 0.3) is 0 Å². The second-order valence-electron chi connectivity index (χ2n) is 5.29. The third-order valence-corrected chi connectivity index (χ3v) is 3.89. The highest BCUT2D eigenvalue weighted by atomic mass is 16.5. The van der Waals surface area contributed by atoms with Crippen LogP contribution in [0.4, 0.5) is 0 Å². The quantitative estimate of drug-likeness (QED) is 0.769. The van der Waals surface area contributed by atoms with E-state index in [1.165, 1.54) is 12.0 Å². The predicted octanol–water partition coefficient (Wildman–Crippen LogP) is 2.53. The average molecular weight is 263 g/mol. The number of benzene rings is 1. The number of ether oxygens (including phenoxy) is 2.